The number of rotatable bonds is 4. The van der Waals surface area contributed by atoms with Gasteiger partial charge in [-0.15, -0.1) is 0 Å². The average molecular weight is 298 g/mol. The molecule has 2 aromatic carbocycles. The number of nitrogens with zero attached hydrogens (tertiary/aromatic N) is 1. The molecule has 21 heavy (non-hydrogen) atoms. The van der Waals surface area contributed by atoms with Crippen LogP contribution in [0, 0.1) is 0 Å². The second kappa shape index (κ2) is 6.78. The van der Waals surface area contributed by atoms with Crippen molar-refractivity contribution in [1.29, 1.82) is 0 Å². The van der Waals surface area contributed by atoms with Gasteiger partial charge >= 0.3 is 0 Å². The van der Waals surface area contributed by atoms with Gasteiger partial charge in [0.05, 0.1) is 12.6 Å². The van der Waals surface area contributed by atoms with Crippen LogP contribution in [0.4, 0.5) is 5.69 Å². The van der Waals surface area contributed by atoms with Gasteiger partial charge in [-0.3, -0.25) is 4.99 Å². The molecule has 0 amide bonds. The standard InChI is InChI=1S/C17H18N2OS/c1-20-11-14-9-5-6-10-15(14)18-17-19-16(12-21-17)13-7-3-2-4-8-13/h2-10,16H,11-12H2,1H3,(H,18,19). The van der Waals surface area contributed by atoms with Gasteiger partial charge in [0.1, 0.15) is 0 Å². The van der Waals surface area contributed by atoms with Crippen molar-refractivity contribution in [2.24, 2.45) is 4.99 Å². The zero-order chi connectivity index (χ0) is 14.5. The maximum absolute atomic E-state index is 5.24. The lowest BCUT2D eigenvalue weighted by Gasteiger charge is -2.10. The smallest absolute Gasteiger partial charge is 0.161 e. The minimum atomic E-state index is 0.244. The maximum Gasteiger partial charge on any atom is 0.161 e. The highest BCUT2D eigenvalue weighted by Gasteiger charge is 2.20. The fraction of sp³-hybridized carbons (Fsp3) is 0.235. The van der Waals surface area contributed by atoms with E-state index in [2.05, 4.69) is 41.7 Å². The van der Waals surface area contributed by atoms with Crippen LogP contribution in [0.1, 0.15) is 17.2 Å². The predicted octanol–water partition coefficient (Wildman–Crippen LogP) is 4.09. The molecule has 0 bridgehead atoms. The molecule has 3 rings (SSSR count). The second-order valence-corrected chi connectivity index (χ2v) is 5.90. The molecular weight excluding hydrogens is 280 g/mol. The van der Waals surface area contributed by atoms with Crippen LogP contribution in [0.3, 0.4) is 0 Å². The van der Waals surface area contributed by atoms with Gasteiger partial charge < -0.3 is 10.1 Å². The third-order valence-corrected chi connectivity index (χ3v) is 4.36. The van der Waals surface area contributed by atoms with Crippen LogP contribution in [-0.2, 0) is 11.3 Å². The fourth-order valence-electron chi connectivity index (χ4n) is 2.33. The second-order valence-electron chi connectivity index (χ2n) is 4.89. The number of para-hydroxylation sites is 1. The summed E-state index contributed by atoms with van der Waals surface area (Å²) in [6.07, 6.45) is 0. The molecule has 0 saturated carbocycles. The molecule has 1 N–H and O–H groups in total. The molecule has 0 fully saturated rings. The fourth-order valence-corrected chi connectivity index (χ4v) is 3.29. The van der Waals surface area contributed by atoms with E-state index in [1.807, 2.05) is 18.2 Å². The molecule has 1 aliphatic heterocycles. The molecule has 0 radical (unpaired) electrons. The Kier molecular flexibility index (Phi) is 4.58. The van der Waals surface area contributed by atoms with E-state index in [0.717, 1.165) is 22.2 Å². The summed E-state index contributed by atoms with van der Waals surface area (Å²) in [7, 11) is 1.71. The van der Waals surface area contributed by atoms with Gasteiger partial charge in [0.2, 0.25) is 0 Å². The number of aliphatic imine (C=N–C) groups is 1. The lowest BCUT2D eigenvalue weighted by Crippen LogP contribution is -2.07. The largest absolute Gasteiger partial charge is 0.380 e. The number of ether oxygens (including phenoxy) is 1. The van der Waals surface area contributed by atoms with Crippen molar-refractivity contribution in [2.75, 3.05) is 18.2 Å². The van der Waals surface area contributed by atoms with Crippen molar-refractivity contribution < 1.29 is 4.74 Å². The van der Waals surface area contributed by atoms with E-state index in [1.165, 1.54) is 5.56 Å². The van der Waals surface area contributed by atoms with Gasteiger partial charge in [0.15, 0.2) is 5.17 Å². The van der Waals surface area contributed by atoms with Crippen LogP contribution < -0.4 is 5.32 Å². The molecule has 0 saturated heterocycles. The highest BCUT2D eigenvalue weighted by Crippen LogP contribution is 2.31. The van der Waals surface area contributed by atoms with Gasteiger partial charge in [-0.05, 0) is 11.6 Å². The quantitative estimate of drug-likeness (QED) is 0.923. The highest BCUT2D eigenvalue weighted by molar-refractivity contribution is 8.14. The molecule has 1 unspecified atom stereocenters. The van der Waals surface area contributed by atoms with Gasteiger partial charge in [-0.25, -0.2) is 0 Å². The summed E-state index contributed by atoms with van der Waals surface area (Å²) in [5, 5.41) is 4.41. The van der Waals surface area contributed by atoms with Crippen LogP contribution in [0.2, 0.25) is 0 Å². The minimum Gasteiger partial charge on any atom is -0.380 e. The van der Waals surface area contributed by atoms with Crippen LogP contribution in [0.5, 0.6) is 0 Å². The van der Waals surface area contributed by atoms with E-state index in [4.69, 9.17) is 9.73 Å². The molecule has 3 nitrogen and oxygen atoms in total. The molecule has 4 heteroatoms. The zero-order valence-electron chi connectivity index (χ0n) is 12.0. The minimum absolute atomic E-state index is 0.244. The van der Waals surface area contributed by atoms with E-state index in [0.29, 0.717) is 6.61 Å². The first-order valence-corrected chi connectivity index (χ1v) is 7.95. The molecular formula is C17H18N2OS. The van der Waals surface area contributed by atoms with Crippen molar-refractivity contribution >= 4 is 22.6 Å². The van der Waals surface area contributed by atoms with Gasteiger partial charge in [-0.1, -0.05) is 60.3 Å². The first-order chi connectivity index (χ1) is 10.4. The van der Waals surface area contributed by atoms with Crippen LogP contribution >= 0.6 is 11.8 Å². The van der Waals surface area contributed by atoms with Gasteiger partial charge in [-0.2, -0.15) is 0 Å². The van der Waals surface area contributed by atoms with E-state index < -0.39 is 0 Å². The lowest BCUT2D eigenvalue weighted by atomic mass is 10.1. The highest BCUT2D eigenvalue weighted by atomic mass is 32.2. The summed E-state index contributed by atoms with van der Waals surface area (Å²) < 4.78 is 5.24. The number of hydrogen-bond acceptors (Lipinski definition) is 4. The number of benzene rings is 2. The predicted molar refractivity (Wildman–Crippen MR) is 89.9 cm³/mol. The van der Waals surface area contributed by atoms with Crippen LogP contribution in [-0.4, -0.2) is 18.0 Å². The third kappa shape index (κ3) is 3.46. The molecule has 1 atom stereocenters. The monoisotopic (exact) mass is 298 g/mol. The molecule has 0 aromatic heterocycles. The SMILES string of the molecule is COCc1ccccc1NC1=NC(c2ccccc2)CS1. The number of methoxy groups -OCH3 is 1. The Morgan fingerprint density at radius 2 is 1.90 bits per heavy atom. The topological polar surface area (TPSA) is 33.6 Å². The number of nitrogens with one attached hydrogen (secondary N) is 1. The Morgan fingerprint density at radius 3 is 2.71 bits per heavy atom. The zero-order valence-corrected chi connectivity index (χ0v) is 12.8. The normalized spacial score (nSPS) is 17.6. The molecule has 1 heterocycles. The Bertz CT molecular complexity index is 628. The summed E-state index contributed by atoms with van der Waals surface area (Å²) in [4.78, 5) is 4.78. The number of amidine groups is 1. The molecule has 0 spiro atoms. The van der Waals surface area contributed by atoms with E-state index in [-0.39, 0.29) is 6.04 Å². The van der Waals surface area contributed by atoms with Crippen molar-refractivity contribution in [3.05, 3.63) is 65.7 Å². The molecule has 1 aliphatic rings. The number of thioether (sulfide) groups is 1. The summed E-state index contributed by atoms with van der Waals surface area (Å²) in [5.41, 5.74) is 3.48. The Morgan fingerprint density at radius 1 is 1.14 bits per heavy atom. The molecule has 108 valence electrons. The van der Waals surface area contributed by atoms with Gasteiger partial charge in [0, 0.05) is 24.1 Å². The summed E-state index contributed by atoms with van der Waals surface area (Å²) >= 11 is 1.77. The Labute approximate surface area is 129 Å². The summed E-state index contributed by atoms with van der Waals surface area (Å²) in [6.45, 7) is 0.600. The van der Waals surface area contributed by atoms with Crippen molar-refractivity contribution in [1.82, 2.24) is 0 Å². The number of anilines is 1. The Balaban J connectivity index is 1.74. The van der Waals surface area contributed by atoms with E-state index in [9.17, 15) is 0 Å². The van der Waals surface area contributed by atoms with Crippen molar-refractivity contribution in [2.45, 2.75) is 12.6 Å². The van der Waals surface area contributed by atoms with Crippen molar-refractivity contribution in [3.8, 4) is 0 Å². The van der Waals surface area contributed by atoms with E-state index >= 15 is 0 Å². The third-order valence-electron chi connectivity index (χ3n) is 3.39. The van der Waals surface area contributed by atoms with E-state index in [1.54, 1.807) is 18.9 Å². The summed E-state index contributed by atoms with van der Waals surface area (Å²) in [6, 6.07) is 18.9. The molecule has 2 aromatic rings. The average Bonchev–Trinajstić information content (AvgIpc) is 2.99. The Hall–Kier alpha value is -1.78. The number of hydrogen-bond donors (Lipinski definition) is 1. The first-order valence-electron chi connectivity index (χ1n) is 6.96. The van der Waals surface area contributed by atoms with Crippen molar-refractivity contribution in [3.63, 3.8) is 0 Å². The van der Waals surface area contributed by atoms with Crippen LogP contribution in [0.15, 0.2) is 59.6 Å². The first kappa shape index (κ1) is 14.2. The van der Waals surface area contributed by atoms with Crippen LogP contribution in [0.25, 0.3) is 0 Å². The maximum atomic E-state index is 5.24. The summed E-state index contributed by atoms with van der Waals surface area (Å²) in [5.74, 6) is 0.985. The molecule has 0 aliphatic carbocycles. The van der Waals surface area contributed by atoms with Gasteiger partial charge in [0.25, 0.3) is 0 Å². The lowest BCUT2D eigenvalue weighted by molar-refractivity contribution is 0.185.